The number of aromatic nitrogens is 1. The maximum atomic E-state index is 12.8. The van der Waals surface area contributed by atoms with Crippen molar-refractivity contribution in [3.8, 4) is 5.69 Å². The minimum absolute atomic E-state index is 0.0577. The molecule has 1 aliphatic rings. The van der Waals surface area contributed by atoms with E-state index in [-0.39, 0.29) is 12.1 Å². The highest BCUT2D eigenvalue weighted by Gasteiger charge is 2.34. The van der Waals surface area contributed by atoms with Crippen LogP contribution < -0.4 is 4.90 Å². The monoisotopic (exact) mass is 331 g/mol. The number of hydrogen-bond acceptors (Lipinski definition) is 2. The largest absolute Gasteiger partial charge is 0.350 e. The zero-order valence-corrected chi connectivity index (χ0v) is 14.7. The number of aryl methyl sites for hydroxylation is 1. The maximum Gasteiger partial charge on any atom is 0.257 e. The predicted octanol–water partition coefficient (Wildman–Crippen LogP) is 4.01. The third kappa shape index (κ3) is 2.41. The zero-order chi connectivity index (χ0) is 17.6. The Balaban J connectivity index is 1.76. The second-order valence-electron chi connectivity index (χ2n) is 6.56. The number of rotatable bonds is 2. The minimum Gasteiger partial charge on any atom is -0.350 e. The molecule has 4 nitrogen and oxygen atoms in total. The average molecular weight is 331 g/mol. The molecule has 0 fully saturated rings. The number of amides is 1. The fourth-order valence-corrected chi connectivity index (χ4v) is 3.67. The Morgan fingerprint density at radius 1 is 0.840 bits per heavy atom. The number of carbonyl (C=O) groups is 1. The van der Waals surface area contributed by atoms with Gasteiger partial charge in [0.1, 0.15) is 6.17 Å². The molecule has 0 unspecified atom stereocenters. The van der Waals surface area contributed by atoms with Gasteiger partial charge in [0.2, 0.25) is 0 Å². The van der Waals surface area contributed by atoms with E-state index in [9.17, 15) is 4.79 Å². The Morgan fingerprint density at radius 2 is 1.52 bits per heavy atom. The van der Waals surface area contributed by atoms with E-state index in [0.717, 1.165) is 22.5 Å². The summed E-state index contributed by atoms with van der Waals surface area (Å²) in [6.07, 6.45) is 4.05. The van der Waals surface area contributed by atoms with Crippen LogP contribution in [0.1, 0.15) is 27.7 Å². The quantitative estimate of drug-likeness (QED) is 0.710. The van der Waals surface area contributed by atoms with Crippen molar-refractivity contribution in [2.75, 3.05) is 19.0 Å². The minimum atomic E-state index is -0.118. The normalized spacial score (nSPS) is 16.9. The van der Waals surface area contributed by atoms with E-state index < -0.39 is 0 Å². The molecule has 3 aromatic rings. The Bertz CT molecular complexity index is 944. The average Bonchev–Trinajstić information content (AvgIpc) is 3.10. The smallest absolute Gasteiger partial charge is 0.257 e. The SMILES string of the molecule is Cc1ccccc1-n1ccc([C@H]2N(C)C(=O)c3ccccc3N2C)c1. The first-order valence-corrected chi connectivity index (χ1v) is 8.41. The third-order valence-corrected chi connectivity index (χ3v) is 4.98. The molecule has 126 valence electrons. The van der Waals surface area contributed by atoms with Crippen LogP contribution in [0.15, 0.2) is 67.0 Å². The summed E-state index contributed by atoms with van der Waals surface area (Å²) in [6, 6.07) is 18.2. The third-order valence-electron chi connectivity index (χ3n) is 4.98. The van der Waals surface area contributed by atoms with Gasteiger partial charge in [0.25, 0.3) is 5.91 Å². The molecule has 0 saturated carbocycles. The number of fused-ring (bicyclic) bond motifs is 1. The lowest BCUT2D eigenvalue weighted by Crippen LogP contribution is -2.45. The molecular weight excluding hydrogens is 310 g/mol. The van der Waals surface area contributed by atoms with Crippen molar-refractivity contribution in [2.24, 2.45) is 0 Å². The molecule has 0 saturated heterocycles. The van der Waals surface area contributed by atoms with E-state index >= 15 is 0 Å². The number of benzene rings is 2. The van der Waals surface area contributed by atoms with Crippen LogP contribution in [0.5, 0.6) is 0 Å². The lowest BCUT2D eigenvalue weighted by Gasteiger charge is -2.41. The Labute approximate surface area is 147 Å². The van der Waals surface area contributed by atoms with Crippen molar-refractivity contribution < 1.29 is 4.79 Å². The van der Waals surface area contributed by atoms with Crippen LogP contribution in [0.4, 0.5) is 5.69 Å². The van der Waals surface area contributed by atoms with Gasteiger partial charge in [-0.3, -0.25) is 4.79 Å². The van der Waals surface area contributed by atoms with Crippen LogP contribution in [0.3, 0.4) is 0 Å². The molecule has 0 bridgehead atoms. The first-order valence-electron chi connectivity index (χ1n) is 8.41. The number of carbonyl (C=O) groups excluding carboxylic acids is 1. The fourth-order valence-electron chi connectivity index (χ4n) is 3.67. The van der Waals surface area contributed by atoms with Crippen LogP contribution in [0.25, 0.3) is 5.69 Å². The van der Waals surface area contributed by atoms with Crippen LogP contribution in [0, 0.1) is 6.92 Å². The summed E-state index contributed by atoms with van der Waals surface area (Å²) in [6.45, 7) is 2.10. The second kappa shape index (κ2) is 5.81. The molecule has 0 N–H and O–H groups in total. The number of hydrogen-bond donors (Lipinski definition) is 0. The Morgan fingerprint density at radius 3 is 2.28 bits per heavy atom. The first kappa shape index (κ1) is 15.5. The van der Waals surface area contributed by atoms with E-state index in [1.807, 2.05) is 50.5 Å². The van der Waals surface area contributed by atoms with Crippen molar-refractivity contribution in [2.45, 2.75) is 13.1 Å². The topological polar surface area (TPSA) is 28.5 Å². The van der Waals surface area contributed by atoms with Gasteiger partial charge in [-0.1, -0.05) is 30.3 Å². The van der Waals surface area contributed by atoms with E-state index in [1.54, 1.807) is 4.90 Å². The summed E-state index contributed by atoms with van der Waals surface area (Å²) in [4.78, 5) is 16.7. The summed E-state index contributed by atoms with van der Waals surface area (Å²) in [7, 11) is 3.90. The van der Waals surface area contributed by atoms with Crippen molar-refractivity contribution >= 4 is 11.6 Å². The molecule has 0 radical (unpaired) electrons. The highest BCUT2D eigenvalue weighted by molar-refractivity contribution is 6.01. The summed E-state index contributed by atoms with van der Waals surface area (Å²) in [5, 5.41) is 0. The van der Waals surface area contributed by atoms with Gasteiger partial charge in [0, 0.05) is 37.7 Å². The summed E-state index contributed by atoms with van der Waals surface area (Å²) in [5.74, 6) is 0.0577. The maximum absolute atomic E-state index is 12.8. The van der Waals surface area contributed by atoms with Gasteiger partial charge in [0.05, 0.1) is 11.3 Å². The fraction of sp³-hybridized carbons (Fsp3) is 0.190. The molecule has 25 heavy (non-hydrogen) atoms. The molecule has 1 aromatic heterocycles. The van der Waals surface area contributed by atoms with Crippen LogP contribution in [-0.4, -0.2) is 29.5 Å². The highest BCUT2D eigenvalue weighted by Crippen LogP contribution is 2.36. The summed E-state index contributed by atoms with van der Waals surface area (Å²) < 4.78 is 2.12. The first-order chi connectivity index (χ1) is 12.1. The van der Waals surface area contributed by atoms with Gasteiger partial charge in [0.15, 0.2) is 0 Å². The van der Waals surface area contributed by atoms with E-state index in [4.69, 9.17) is 0 Å². The van der Waals surface area contributed by atoms with Crippen LogP contribution in [0.2, 0.25) is 0 Å². The highest BCUT2D eigenvalue weighted by atomic mass is 16.2. The molecule has 1 atom stereocenters. The molecule has 0 spiro atoms. The summed E-state index contributed by atoms with van der Waals surface area (Å²) in [5.41, 5.74) is 5.19. The van der Waals surface area contributed by atoms with Gasteiger partial charge >= 0.3 is 0 Å². The van der Waals surface area contributed by atoms with Crippen molar-refractivity contribution in [1.29, 1.82) is 0 Å². The molecule has 4 heteroatoms. The van der Waals surface area contributed by atoms with Crippen LogP contribution in [-0.2, 0) is 0 Å². The van der Waals surface area contributed by atoms with Crippen molar-refractivity contribution in [3.05, 3.63) is 83.7 Å². The number of para-hydroxylation sites is 2. The Kier molecular flexibility index (Phi) is 3.61. The molecule has 4 rings (SSSR count). The number of nitrogens with zero attached hydrogens (tertiary/aromatic N) is 3. The van der Waals surface area contributed by atoms with Crippen molar-refractivity contribution in [1.82, 2.24) is 9.47 Å². The lowest BCUT2D eigenvalue weighted by molar-refractivity contribution is 0.0711. The van der Waals surface area contributed by atoms with Gasteiger partial charge in [-0.05, 0) is 36.8 Å². The molecular formula is C21H21N3O. The molecule has 1 amide bonds. The standard InChI is InChI=1S/C21H21N3O/c1-15-8-4-6-10-18(15)24-13-12-16(14-24)20-22(2)19-11-7-5-9-17(19)21(25)23(20)3/h4-14,20H,1-3H3/t20-/m1/s1. The van der Waals surface area contributed by atoms with E-state index in [0.29, 0.717) is 0 Å². The summed E-state index contributed by atoms with van der Waals surface area (Å²) >= 11 is 0. The zero-order valence-electron chi connectivity index (χ0n) is 14.7. The van der Waals surface area contributed by atoms with E-state index in [2.05, 4.69) is 47.0 Å². The van der Waals surface area contributed by atoms with Gasteiger partial charge in [-0.25, -0.2) is 0 Å². The van der Waals surface area contributed by atoms with Crippen LogP contribution >= 0.6 is 0 Å². The lowest BCUT2D eigenvalue weighted by atomic mass is 10.0. The van der Waals surface area contributed by atoms with Crippen molar-refractivity contribution in [3.63, 3.8) is 0 Å². The van der Waals surface area contributed by atoms with E-state index in [1.165, 1.54) is 5.56 Å². The predicted molar refractivity (Wildman–Crippen MR) is 100 cm³/mol. The molecule has 2 aromatic carbocycles. The Hall–Kier alpha value is -3.01. The van der Waals surface area contributed by atoms with Gasteiger partial charge in [-0.15, -0.1) is 0 Å². The van der Waals surface area contributed by atoms with Gasteiger partial charge in [-0.2, -0.15) is 0 Å². The molecule has 2 heterocycles. The molecule has 1 aliphatic heterocycles. The molecule has 0 aliphatic carbocycles. The van der Waals surface area contributed by atoms with Gasteiger partial charge < -0.3 is 14.4 Å². The number of anilines is 1. The second-order valence-corrected chi connectivity index (χ2v) is 6.56.